The predicted octanol–water partition coefficient (Wildman–Crippen LogP) is 3.50. The molecule has 0 aliphatic carbocycles. The first-order valence-corrected chi connectivity index (χ1v) is 8.54. The lowest BCUT2D eigenvalue weighted by atomic mass is 10.1. The van der Waals surface area contributed by atoms with Crippen molar-refractivity contribution in [1.29, 1.82) is 0 Å². The zero-order chi connectivity index (χ0) is 19.2. The summed E-state index contributed by atoms with van der Waals surface area (Å²) in [7, 11) is 0. The Morgan fingerprint density at radius 1 is 1.19 bits per heavy atom. The lowest BCUT2D eigenvalue weighted by molar-refractivity contribution is -0.119. The van der Waals surface area contributed by atoms with E-state index in [4.69, 9.17) is 22.1 Å². The second-order valence-electron chi connectivity index (χ2n) is 5.79. The fourth-order valence-electron chi connectivity index (χ4n) is 2.31. The SMILES string of the molecule is Cc1cc(Oc2ncnc(NNC(=O)Cc3ccccc3)c2N)ccc1Cl. The van der Waals surface area contributed by atoms with Crippen molar-refractivity contribution in [3.05, 3.63) is 71.0 Å². The number of nitrogens with two attached hydrogens (primary N) is 1. The molecule has 0 fully saturated rings. The molecule has 0 aliphatic rings. The third-order valence-electron chi connectivity index (χ3n) is 3.72. The van der Waals surface area contributed by atoms with Crippen molar-refractivity contribution < 1.29 is 9.53 Å². The lowest BCUT2D eigenvalue weighted by Crippen LogP contribution is -2.31. The number of hydrogen-bond donors (Lipinski definition) is 3. The zero-order valence-corrected chi connectivity index (χ0v) is 15.3. The molecule has 0 aliphatic heterocycles. The van der Waals surface area contributed by atoms with Gasteiger partial charge in [-0.2, -0.15) is 4.98 Å². The van der Waals surface area contributed by atoms with E-state index in [0.717, 1.165) is 11.1 Å². The molecule has 8 heteroatoms. The van der Waals surface area contributed by atoms with Crippen LogP contribution in [0.3, 0.4) is 0 Å². The summed E-state index contributed by atoms with van der Waals surface area (Å²) in [6.07, 6.45) is 1.52. The van der Waals surface area contributed by atoms with E-state index < -0.39 is 0 Å². The fourth-order valence-corrected chi connectivity index (χ4v) is 2.42. The van der Waals surface area contributed by atoms with Crippen LogP contribution >= 0.6 is 11.6 Å². The Morgan fingerprint density at radius 3 is 2.70 bits per heavy atom. The molecule has 2 aromatic carbocycles. The highest BCUT2D eigenvalue weighted by molar-refractivity contribution is 6.31. The van der Waals surface area contributed by atoms with Gasteiger partial charge in [0.2, 0.25) is 11.8 Å². The summed E-state index contributed by atoms with van der Waals surface area (Å²) in [6, 6.07) is 14.6. The number of hydrazine groups is 1. The first-order valence-electron chi connectivity index (χ1n) is 8.16. The number of carbonyl (C=O) groups excluding carboxylic acids is 1. The van der Waals surface area contributed by atoms with Crippen LogP contribution in [0.25, 0.3) is 0 Å². The van der Waals surface area contributed by atoms with Gasteiger partial charge >= 0.3 is 0 Å². The number of hydrogen-bond acceptors (Lipinski definition) is 6. The number of nitrogens with one attached hydrogen (secondary N) is 2. The Bertz CT molecular complexity index is 950. The van der Waals surface area contributed by atoms with Crippen LogP contribution in [0, 0.1) is 6.92 Å². The molecule has 3 aromatic rings. The molecule has 0 saturated carbocycles. The van der Waals surface area contributed by atoms with Crippen molar-refractivity contribution in [2.24, 2.45) is 0 Å². The summed E-state index contributed by atoms with van der Waals surface area (Å²) in [6.45, 7) is 1.87. The van der Waals surface area contributed by atoms with Gasteiger partial charge in [-0.1, -0.05) is 41.9 Å². The molecule has 27 heavy (non-hydrogen) atoms. The minimum Gasteiger partial charge on any atom is -0.437 e. The molecule has 0 spiro atoms. The molecule has 0 radical (unpaired) electrons. The Hall–Kier alpha value is -3.32. The number of carbonyl (C=O) groups is 1. The molecule has 1 heterocycles. The molecule has 4 N–H and O–H groups in total. The second kappa shape index (κ2) is 8.37. The summed E-state index contributed by atoms with van der Waals surface area (Å²) in [5.74, 6) is 0.731. The minimum absolute atomic E-state index is 0.171. The van der Waals surface area contributed by atoms with Gasteiger partial charge in [-0.3, -0.25) is 15.6 Å². The van der Waals surface area contributed by atoms with E-state index in [1.807, 2.05) is 37.3 Å². The quantitative estimate of drug-likeness (QED) is 0.563. The number of aromatic nitrogens is 2. The molecule has 0 saturated heterocycles. The molecule has 1 aromatic heterocycles. The number of rotatable bonds is 6. The van der Waals surface area contributed by atoms with Crippen molar-refractivity contribution in [2.45, 2.75) is 13.3 Å². The number of benzene rings is 2. The molecule has 0 bridgehead atoms. The normalized spacial score (nSPS) is 10.3. The molecule has 138 valence electrons. The molecule has 7 nitrogen and oxygen atoms in total. The van der Waals surface area contributed by atoms with E-state index in [-0.39, 0.29) is 29.7 Å². The first-order chi connectivity index (χ1) is 13.0. The molecule has 0 atom stereocenters. The van der Waals surface area contributed by atoms with Crippen molar-refractivity contribution in [3.63, 3.8) is 0 Å². The van der Waals surface area contributed by atoms with Gasteiger partial charge in [-0.25, -0.2) is 4.98 Å². The van der Waals surface area contributed by atoms with Crippen LogP contribution in [0.4, 0.5) is 11.5 Å². The van der Waals surface area contributed by atoms with Gasteiger partial charge in [0.25, 0.3) is 0 Å². The summed E-state index contributed by atoms with van der Waals surface area (Å²) < 4.78 is 5.70. The van der Waals surface area contributed by atoms with Crippen LogP contribution < -0.4 is 21.3 Å². The number of nitrogen functional groups attached to an aromatic ring is 1. The smallest absolute Gasteiger partial charge is 0.248 e. The Labute approximate surface area is 161 Å². The summed E-state index contributed by atoms with van der Waals surface area (Å²) in [5, 5.41) is 0.640. The highest BCUT2D eigenvalue weighted by Crippen LogP contribution is 2.30. The van der Waals surface area contributed by atoms with Crippen LogP contribution in [-0.2, 0) is 11.2 Å². The number of amides is 1. The lowest BCUT2D eigenvalue weighted by Gasteiger charge is -2.13. The average Bonchev–Trinajstić information content (AvgIpc) is 2.66. The summed E-state index contributed by atoms with van der Waals surface area (Å²) in [4.78, 5) is 20.1. The molecular weight excluding hydrogens is 366 g/mol. The van der Waals surface area contributed by atoms with Crippen LogP contribution in [0.1, 0.15) is 11.1 Å². The van der Waals surface area contributed by atoms with E-state index in [0.29, 0.717) is 10.8 Å². The van der Waals surface area contributed by atoms with E-state index >= 15 is 0 Å². The molecule has 3 rings (SSSR count). The maximum atomic E-state index is 12.0. The van der Waals surface area contributed by atoms with Crippen LogP contribution in [0.15, 0.2) is 54.9 Å². The molecule has 1 amide bonds. The number of nitrogens with zero attached hydrogens (tertiary/aromatic N) is 2. The first kappa shape index (κ1) is 18.5. The number of ether oxygens (including phenoxy) is 1. The van der Waals surface area contributed by atoms with Gasteiger partial charge in [0, 0.05) is 5.02 Å². The van der Waals surface area contributed by atoms with Crippen molar-refractivity contribution in [3.8, 4) is 11.6 Å². The van der Waals surface area contributed by atoms with Gasteiger partial charge in [-0.15, -0.1) is 0 Å². The Morgan fingerprint density at radius 2 is 1.96 bits per heavy atom. The third-order valence-corrected chi connectivity index (χ3v) is 4.14. The highest BCUT2D eigenvalue weighted by atomic mass is 35.5. The largest absolute Gasteiger partial charge is 0.437 e. The topological polar surface area (TPSA) is 102 Å². The average molecular weight is 384 g/mol. The van der Waals surface area contributed by atoms with Crippen LogP contribution in [0.2, 0.25) is 5.02 Å². The zero-order valence-electron chi connectivity index (χ0n) is 14.6. The highest BCUT2D eigenvalue weighted by Gasteiger charge is 2.12. The van der Waals surface area contributed by atoms with Crippen LogP contribution in [-0.4, -0.2) is 15.9 Å². The van der Waals surface area contributed by atoms with E-state index in [2.05, 4.69) is 20.8 Å². The fraction of sp³-hybridized carbons (Fsp3) is 0.105. The van der Waals surface area contributed by atoms with E-state index in [1.54, 1.807) is 18.2 Å². The van der Waals surface area contributed by atoms with Crippen molar-refractivity contribution in [1.82, 2.24) is 15.4 Å². The Kier molecular flexibility index (Phi) is 5.73. The number of aryl methyl sites for hydroxylation is 1. The predicted molar refractivity (Wildman–Crippen MR) is 105 cm³/mol. The summed E-state index contributed by atoms with van der Waals surface area (Å²) in [5.41, 5.74) is 13.3. The molecular formula is C19H18ClN5O2. The molecule has 0 unspecified atom stereocenters. The van der Waals surface area contributed by atoms with Crippen LogP contribution in [0.5, 0.6) is 11.6 Å². The maximum absolute atomic E-state index is 12.0. The monoisotopic (exact) mass is 383 g/mol. The summed E-state index contributed by atoms with van der Waals surface area (Å²) >= 11 is 6.01. The second-order valence-corrected chi connectivity index (χ2v) is 6.20. The minimum atomic E-state index is -0.227. The third kappa shape index (κ3) is 4.86. The Balaban J connectivity index is 1.65. The van der Waals surface area contributed by atoms with Crippen molar-refractivity contribution >= 4 is 29.0 Å². The van der Waals surface area contributed by atoms with E-state index in [9.17, 15) is 4.79 Å². The standard InChI is InChI=1S/C19H18ClN5O2/c1-12-9-14(7-8-15(12)20)27-19-17(21)18(22-11-23-19)25-24-16(26)10-13-5-3-2-4-6-13/h2-9,11H,10,21H2,1H3,(H,24,26)(H,22,23,25). The van der Waals surface area contributed by atoms with Gasteiger partial charge in [0.1, 0.15) is 17.8 Å². The van der Waals surface area contributed by atoms with E-state index in [1.165, 1.54) is 6.33 Å². The van der Waals surface area contributed by atoms with Gasteiger partial charge in [0.15, 0.2) is 5.82 Å². The van der Waals surface area contributed by atoms with Gasteiger partial charge in [-0.05, 0) is 36.2 Å². The van der Waals surface area contributed by atoms with Gasteiger partial charge < -0.3 is 10.5 Å². The number of anilines is 2. The maximum Gasteiger partial charge on any atom is 0.248 e. The number of halogens is 1. The van der Waals surface area contributed by atoms with Gasteiger partial charge in [0.05, 0.1) is 6.42 Å². The van der Waals surface area contributed by atoms with Crippen molar-refractivity contribution in [2.75, 3.05) is 11.2 Å².